The number of aromatic nitrogens is 2. The highest BCUT2D eigenvalue weighted by Crippen LogP contribution is 2.19. The van der Waals surface area contributed by atoms with Gasteiger partial charge in [-0.1, -0.05) is 30.3 Å². The molecule has 22 heavy (non-hydrogen) atoms. The van der Waals surface area contributed by atoms with Crippen molar-refractivity contribution in [2.75, 3.05) is 0 Å². The molecule has 0 unspecified atom stereocenters. The predicted molar refractivity (Wildman–Crippen MR) is 79.8 cm³/mol. The maximum Gasteiger partial charge on any atom is 0.182 e. The number of carbonyl (C=O) groups excluding carboxylic acids is 1. The largest absolute Gasteiger partial charge is 0.319 e. The Hall–Kier alpha value is -3.00. The third-order valence-corrected chi connectivity index (χ3v) is 3.42. The lowest BCUT2D eigenvalue weighted by Crippen LogP contribution is -2.13. The Bertz CT molecular complexity index is 878. The topological polar surface area (TPSA) is 58.7 Å². The van der Waals surface area contributed by atoms with Crippen LogP contribution in [0, 0.1) is 17.1 Å². The number of halogens is 1. The van der Waals surface area contributed by atoms with Gasteiger partial charge in [0, 0.05) is 11.6 Å². The summed E-state index contributed by atoms with van der Waals surface area (Å²) in [5.41, 5.74) is 1.69. The number of ketones is 1. The van der Waals surface area contributed by atoms with Crippen LogP contribution in [-0.4, -0.2) is 15.3 Å². The minimum absolute atomic E-state index is 0.0678. The predicted octanol–water partition coefficient (Wildman–Crippen LogP) is 3.12. The molecule has 1 aromatic heterocycles. The number of Topliss-reactive ketones (excluding diaryl/α,β-unsaturated/α-hetero) is 1. The molecule has 0 fully saturated rings. The Morgan fingerprint density at radius 1 is 1.23 bits per heavy atom. The van der Waals surface area contributed by atoms with Crippen LogP contribution in [0.15, 0.2) is 48.5 Å². The molecule has 5 heteroatoms. The molecular formula is C17H12FN3O. The van der Waals surface area contributed by atoms with E-state index >= 15 is 0 Å². The van der Waals surface area contributed by atoms with Gasteiger partial charge in [-0.2, -0.15) is 5.26 Å². The first-order valence-corrected chi connectivity index (χ1v) is 6.79. The second-order valence-electron chi connectivity index (χ2n) is 4.87. The lowest BCUT2D eigenvalue weighted by molar-refractivity contribution is 0.0972. The summed E-state index contributed by atoms with van der Waals surface area (Å²) in [5, 5.41) is 8.91. The van der Waals surface area contributed by atoms with Crippen LogP contribution in [0.5, 0.6) is 0 Å². The number of hydrogen-bond donors (Lipinski definition) is 0. The average Bonchev–Trinajstić information content (AvgIpc) is 2.85. The van der Waals surface area contributed by atoms with E-state index in [0.717, 1.165) is 0 Å². The standard InChI is InChI=1S/C17H12FN3O/c18-13-6-7-15-14(10-13)20-17(8-9-19)21(15)11-16(22)12-4-2-1-3-5-12/h1-7,10H,8,11H2. The summed E-state index contributed by atoms with van der Waals surface area (Å²) in [6.45, 7) is 0.0726. The molecule has 0 saturated heterocycles. The zero-order chi connectivity index (χ0) is 15.5. The smallest absolute Gasteiger partial charge is 0.182 e. The Morgan fingerprint density at radius 2 is 2.00 bits per heavy atom. The molecule has 0 N–H and O–H groups in total. The van der Waals surface area contributed by atoms with Crippen LogP contribution in [0.1, 0.15) is 16.2 Å². The monoisotopic (exact) mass is 293 g/mol. The number of fused-ring (bicyclic) bond motifs is 1. The van der Waals surface area contributed by atoms with Gasteiger partial charge >= 0.3 is 0 Å². The van der Waals surface area contributed by atoms with Gasteiger partial charge < -0.3 is 4.57 Å². The molecule has 0 radical (unpaired) electrons. The van der Waals surface area contributed by atoms with Crippen molar-refractivity contribution in [3.63, 3.8) is 0 Å². The van der Waals surface area contributed by atoms with Gasteiger partial charge in [0.05, 0.1) is 30.1 Å². The maximum absolute atomic E-state index is 13.3. The SMILES string of the molecule is N#CCc1nc2cc(F)ccc2n1CC(=O)c1ccccc1. The fraction of sp³-hybridized carbons (Fsp3) is 0.118. The summed E-state index contributed by atoms with van der Waals surface area (Å²) in [5.74, 6) is -0.00848. The Kier molecular flexibility index (Phi) is 3.67. The van der Waals surface area contributed by atoms with Gasteiger partial charge in [0.25, 0.3) is 0 Å². The third-order valence-electron chi connectivity index (χ3n) is 3.42. The Labute approximate surface area is 126 Å². The summed E-state index contributed by atoms with van der Waals surface area (Å²) in [7, 11) is 0. The van der Waals surface area contributed by atoms with E-state index in [1.54, 1.807) is 34.9 Å². The number of hydrogen-bond acceptors (Lipinski definition) is 3. The zero-order valence-electron chi connectivity index (χ0n) is 11.7. The fourth-order valence-corrected chi connectivity index (χ4v) is 2.39. The quantitative estimate of drug-likeness (QED) is 0.694. The molecule has 0 bridgehead atoms. The van der Waals surface area contributed by atoms with Crippen LogP contribution in [0.3, 0.4) is 0 Å². The van der Waals surface area contributed by atoms with Crippen LogP contribution in [-0.2, 0) is 13.0 Å². The van der Waals surface area contributed by atoms with Gasteiger partial charge in [0.1, 0.15) is 11.6 Å². The lowest BCUT2D eigenvalue weighted by atomic mass is 10.1. The van der Waals surface area contributed by atoms with Crippen LogP contribution < -0.4 is 0 Å². The molecule has 2 aromatic carbocycles. The molecule has 3 rings (SSSR count). The summed E-state index contributed by atoms with van der Waals surface area (Å²) >= 11 is 0. The Balaban J connectivity index is 2.03. The number of nitriles is 1. The van der Waals surface area contributed by atoms with E-state index in [1.165, 1.54) is 12.1 Å². The van der Waals surface area contributed by atoms with Crippen molar-refractivity contribution in [1.29, 1.82) is 5.26 Å². The molecule has 1 heterocycles. The highest BCUT2D eigenvalue weighted by atomic mass is 19.1. The third kappa shape index (κ3) is 2.59. The van der Waals surface area contributed by atoms with Gasteiger partial charge in [-0.3, -0.25) is 4.79 Å². The van der Waals surface area contributed by atoms with E-state index in [0.29, 0.717) is 22.4 Å². The van der Waals surface area contributed by atoms with Gasteiger partial charge in [-0.15, -0.1) is 0 Å². The molecule has 0 spiro atoms. The first kappa shape index (κ1) is 14.0. The minimum atomic E-state index is -0.393. The minimum Gasteiger partial charge on any atom is -0.319 e. The zero-order valence-corrected chi connectivity index (χ0v) is 11.7. The van der Waals surface area contributed by atoms with Gasteiger partial charge in [0.2, 0.25) is 0 Å². The molecule has 3 aromatic rings. The van der Waals surface area contributed by atoms with Gasteiger partial charge in [-0.25, -0.2) is 9.37 Å². The van der Waals surface area contributed by atoms with E-state index < -0.39 is 5.82 Å². The highest BCUT2D eigenvalue weighted by molar-refractivity contribution is 5.96. The van der Waals surface area contributed by atoms with E-state index in [2.05, 4.69) is 4.98 Å². The molecule has 4 nitrogen and oxygen atoms in total. The van der Waals surface area contributed by atoms with Crippen LogP contribution >= 0.6 is 0 Å². The van der Waals surface area contributed by atoms with E-state index in [1.807, 2.05) is 12.1 Å². The number of rotatable bonds is 4. The molecule has 0 aliphatic rings. The van der Waals surface area contributed by atoms with Crippen molar-refractivity contribution >= 4 is 16.8 Å². The Morgan fingerprint density at radius 3 is 2.73 bits per heavy atom. The number of benzene rings is 2. The van der Waals surface area contributed by atoms with Crippen molar-refractivity contribution < 1.29 is 9.18 Å². The molecule has 0 amide bonds. The van der Waals surface area contributed by atoms with Crippen LogP contribution in [0.4, 0.5) is 4.39 Å². The van der Waals surface area contributed by atoms with Crippen molar-refractivity contribution in [2.45, 2.75) is 13.0 Å². The number of carbonyl (C=O) groups is 1. The van der Waals surface area contributed by atoms with Gasteiger partial charge in [0.15, 0.2) is 5.78 Å². The van der Waals surface area contributed by atoms with E-state index in [4.69, 9.17) is 5.26 Å². The summed E-state index contributed by atoms with van der Waals surface area (Å²) in [4.78, 5) is 16.6. The van der Waals surface area contributed by atoms with Crippen LogP contribution in [0.2, 0.25) is 0 Å². The van der Waals surface area contributed by atoms with E-state index in [9.17, 15) is 9.18 Å². The van der Waals surface area contributed by atoms with Crippen molar-refractivity contribution in [2.24, 2.45) is 0 Å². The maximum atomic E-state index is 13.3. The second kappa shape index (κ2) is 5.78. The fourth-order valence-electron chi connectivity index (χ4n) is 2.39. The van der Waals surface area contributed by atoms with E-state index in [-0.39, 0.29) is 18.7 Å². The molecule has 0 atom stereocenters. The highest BCUT2D eigenvalue weighted by Gasteiger charge is 2.15. The number of imidazole rings is 1. The van der Waals surface area contributed by atoms with Crippen molar-refractivity contribution in [1.82, 2.24) is 9.55 Å². The molecule has 0 aliphatic heterocycles. The van der Waals surface area contributed by atoms with Crippen LogP contribution in [0.25, 0.3) is 11.0 Å². The second-order valence-corrected chi connectivity index (χ2v) is 4.87. The summed E-state index contributed by atoms with van der Waals surface area (Å²) < 4.78 is 15.0. The van der Waals surface area contributed by atoms with Crippen molar-refractivity contribution in [3.8, 4) is 6.07 Å². The first-order chi connectivity index (χ1) is 10.7. The first-order valence-electron chi connectivity index (χ1n) is 6.79. The summed E-state index contributed by atoms with van der Waals surface area (Å²) in [6, 6.07) is 15.1. The molecule has 0 saturated carbocycles. The molecular weight excluding hydrogens is 281 g/mol. The van der Waals surface area contributed by atoms with Gasteiger partial charge in [-0.05, 0) is 12.1 Å². The summed E-state index contributed by atoms with van der Waals surface area (Å²) in [6.07, 6.45) is 0.0678. The molecule has 0 aliphatic carbocycles. The normalized spacial score (nSPS) is 10.5. The van der Waals surface area contributed by atoms with Crippen molar-refractivity contribution in [3.05, 3.63) is 65.7 Å². The average molecular weight is 293 g/mol. The lowest BCUT2D eigenvalue weighted by Gasteiger charge is -2.07. The number of nitrogens with zero attached hydrogens (tertiary/aromatic N) is 3. The molecule has 108 valence electrons.